The summed E-state index contributed by atoms with van der Waals surface area (Å²) in [6.07, 6.45) is 0. The molecule has 1 atom stereocenters. The summed E-state index contributed by atoms with van der Waals surface area (Å²) in [6, 6.07) is 82.6. The monoisotopic (exact) mass is 902 g/mol. The number of hydrogen-bond acceptors (Lipinski definition) is 4. The summed E-state index contributed by atoms with van der Waals surface area (Å²) in [4.78, 5) is 7.61. The molecular weight excluding hydrogens is 861 g/mol. The van der Waals surface area contributed by atoms with Crippen LogP contribution in [-0.4, -0.2) is 0 Å². The Morgan fingerprint density at radius 2 is 0.956 bits per heavy atom. The van der Waals surface area contributed by atoms with Crippen LogP contribution in [0.1, 0.15) is 47.2 Å². The van der Waals surface area contributed by atoms with Crippen molar-refractivity contribution in [3.8, 4) is 33.4 Å². The van der Waals surface area contributed by atoms with Crippen LogP contribution in [0.4, 0.5) is 34.1 Å². The van der Waals surface area contributed by atoms with Crippen molar-refractivity contribution >= 4 is 77.4 Å². The van der Waals surface area contributed by atoms with E-state index in [0.29, 0.717) is 0 Å². The Morgan fingerprint density at radius 1 is 0.397 bits per heavy atom. The topological polar surface area (TPSA) is 6.48 Å². The minimum Gasteiger partial charge on any atom is -0.310 e. The second-order valence-corrected chi connectivity index (χ2v) is 21.3. The van der Waals surface area contributed by atoms with Crippen LogP contribution in [0.5, 0.6) is 0 Å². The fraction of sp³-hybridized carbons (Fsp3) is 0.0625. The molecule has 68 heavy (non-hydrogen) atoms. The Hall–Kier alpha value is -7.63. The first-order valence-corrected chi connectivity index (χ1v) is 25.2. The molecule has 1 aromatic heterocycles. The molecule has 10 aromatic carbocycles. The van der Waals surface area contributed by atoms with E-state index in [9.17, 15) is 0 Å². The van der Waals surface area contributed by atoms with Gasteiger partial charge >= 0.3 is 0 Å². The normalized spacial score (nSPS) is 16.2. The van der Waals surface area contributed by atoms with E-state index in [4.69, 9.17) is 0 Å². The molecule has 0 radical (unpaired) electrons. The highest BCUT2D eigenvalue weighted by atomic mass is 32.2. The van der Waals surface area contributed by atoms with Gasteiger partial charge in [0.25, 0.3) is 0 Å². The molecule has 1 spiro atoms. The van der Waals surface area contributed by atoms with Crippen LogP contribution in [0, 0.1) is 0 Å². The molecule has 4 heteroatoms. The van der Waals surface area contributed by atoms with E-state index >= 15 is 0 Å². The quantitative estimate of drug-likeness (QED) is 0.174. The van der Waals surface area contributed by atoms with Gasteiger partial charge in [-0.25, -0.2) is 0 Å². The molecule has 0 saturated heterocycles. The molecule has 320 valence electrons. The maximum Gasteiger partial charge on any atom is 0.0755 e. The van der Waals surface area contributed by atoms with Crippen LogP contribution in [-0.2, 0) is 10.8 Å². The van der Waals surface area contributed by atoms with Crippen molar-refractivity contribution in [1.82, 2.24) is 0 Å². The fourth-order valence-electron chi connectivity index (χ4n) is 12.5. The first kappa shape index (κ1) is 38.5. The number of anilines is 6. The van der Waals surface area contributed by atoms with E-state index < -0.39 is 5.41 Å². The Morgan fingerprint density at radius 3 is 1.78 bits per heavy atom. The summed E-state index contributed by atoms with van der Waals surface area (Å²) in [7, 11) is 0. The van der Waals surface area contributed by atoms with Crippen molar-refractivity contribution in [2.45, 2.75) is 34.5 Å². The van der Waals surface area contributed by atoms with Gasteiger partial charge in [0.1, 0.15) is 0 Å². The van der Waals surface area contributed by atoms with Gasteiger partial charge in [0.2, 0.25) is 0 Å². The second-order valence-electron chi connectivity index (χ2n) is 19.2. The average molecular weight is 903 g/mol. The molecule has 0 N–H and O–H groups in total. The number of rotatable bonds is 4. The van der Waals surface area contributed by atoms with E-state index in [-0.39, 0.29) is 5.41 Å². The zero-order valence-electron chi connectivity index (χ0n) is 37.5. The number of thiophene rings is 1. The van der Waals surface area contributed by atoms with Crippen molar-refractivity contribution in [2.75, 3.05) is 9.80 Å². The molecule has 0 fully saturated rings. The van der Waals surface area contributed by atoms with Crippen LogP contribution >= 0.6 is 23.1 Å². The van der Waals surface area contributed by atoms with E-state index in [1.54, 1.807) is 0 Å². The van der Waals surface area contributed by atoms with Gasteiger partial charge in [-0.2, -0.15) is 0 Å². The molecular formula is C64H42N2S2. The van der Waals surface area contributed by atoms with Crippen LogP contribution < -0.4 is 9.80 Å². The predicted octanol–water partition coefficient (Wildman–Crippen LogP) is 18.1. The van der Waals surface area contributed by atoms with Gasteiger partial charge in [0.15, 0.2) is 0 Å². The minimum atomic E-state index is -0.562. The van der Waals surface area contributed by atoms with Crippen LogP contribution in [0.3, 0.4) is 0 Å². The number of nitrogens with zero attached hydrogens (tertiary/aromatic N) is 2. The maximum atomic E-state index is 2.54. The summed E-state index contributed by atoms with van der Waals surface area (Å²) in [5, 5.41) is 2.64. The van der Waals surface area contributed by atoms with Crippen molar-refractivity contribution in [2.24, 2.45) is 0 Å². The van der Waals surface area contributed by atoms with Crippen molar-refractivity contribution in [1.29, 1.82) is 0 Å². The van der Waals surface area contributed by atoms with Gasteiger partial charge < -0.3 is 9.80 Å². The lowest BCUT2D eigenvalue weighted by molar-refractivity contribution is 0.660. The molecule has 3 heterocycles. The average Bonchev–Trinajstić information content (AvgIpc) is 3.99. The predicted molar refractivity (Wildman–Crippen MR) is 287 cm³/mol. The molecule has 0 saturated carbocycles. The summed E-state index contributed by atoms with van der Waals surface area (Å²) >= 11 is 3.78. The third-order valence-electron chi connectivity index (χ3n) is 15.5. The van der Waals surface area contributed by atoms with Gasteiger partial charge in [-0.3, -0.25) is 0 Å². The molecule has 2 nitrogen and oxygen atoms in total. The fourth-order valence-corrected chi connectivity index (χ4v) is 14.8. The maximum absolute atomic E-state index is 2.54. The lowest BCUT2D eigenvalue weighted by Gasteiger charge is -2.47. The summed E-state index contributed by atoms with van der Waals surface area (Å²) < 4.78 is 2.65. The van der Waals surface area contributed by atoms with Gasteiger partial charge in [-0.05, 0) is 133 Å². The van der Waals surface area contributed by atoms with E-state index in [1.807, 2.05) is 23.1 Å². The number of fused-ring (bicyclic) bond motifs is 17. The molecule has 1 unspecified atom stereocenters. The van der Waals surface area contributed by atoms with Crippen molar-refractivity contribution in [3.05, 3.63) is 252 Å². The minimum absolute atomic E-state index is 0.148. The highest BCUT2D eigenvalue weighted by Gasteiger charge is 2.53. The lowest BCUT2D eigenvalue weighted by Crippen LogP contribution is -2.37. The molecule has 2 aliphatic heterocycles. The Kier molecular flexibility index (Phi) is 7.90. The standard InChI is InChI=1S/C64H42N2S2/c1-63(2)50-20-6-3-15-44(50)46-35-33-41(37-54(46)63)65(40-31-29-39(30-32-40)43-18-13-19-49-48-17-5-11-26-58(48)68-62(43)49)42-34-36-47-45-16-4-7-21-51(45)64(55(47)38-42)52-22-8-9-24-56(52)66-57-25-10-12-27-59(57)67-60-28-14-23-53(64)61(60)66/h3-38H,1-2H3. The Balaban J connectivity index is 0.962. The first-order chi connectivity index (χ1) is 33.5. The van der Waals surface area contributed by atoms with E-state index in [2.05, 4.69) is 242 Å². The summed E-state index contributed by atoms with van der Waals surface area (Å²) in [5.41, 5.74) is 22.2. The van der Waals surface area contributed by atoms with Crippen LogP contribution in [0.25, 0.3) is 53.6 Å². The van der Waals surface area contributed by atoms with Gasteiger partial charge in [0, 0.05) is 52.4 Å². The van der Waals surface area contributed by atoms with Gasteiger partial charge in [0.05, 0.1) is 22.5 Å². The zero-order valence-corrected chi connectivity index (χ0v) is 39.1. The molecule has 0 amide bonds. The Bertz CT molecular complexity index is 3950. The van der Waals surface area contributed by atoms with Crippen molar-refractivity contribution < 1.29 is 0 Å². The SMILES string of the molecule is CC1(C)c2ccccc2-c2ccc(N(c3ccc(-c4cccc5c4sc4ccccc45)cc3)c3ccc4c(c3)C3(c5ccccc5-4)c4ccccc4N4c5ccccc5Sc5cccc3c54)cc21. The number of benzene rings is 10. The third-order valence-corrected chi connectivity index (χ3v) is 17.8. The first-order valence-electron chi connectivity index (χ1n) is 23.6. The summed E-state index contributed by atoms with van der Waals surface area (Å²) in [6.45, 7) is 4.76. The molecule has 4 aliphatic rings. The highest BCUT2D eigenvalue weighted by Crippen LogP contribution is 2.67. The molecule has 11 aromatic rings. The van der Waals surface area contributed by atoms with Gasteiger partial charge in [-0.15, -0.1) is 11.3 Å². The largest absolute Gasteiger partial charge is 0.310 e. The Labute approximate surface area is 404 Å². The summed E-state index contributed by atoms with van der Waals surface area (Å²) in [5.74, 6) is 0. The van der Waals surface area contributed by atoms with Crippen molar-refractivity contribution in [3.63, 3.8) is 0 Å². The molecule has 0 bridgehead atoms. The zero-order chi connectivity index (χ0) is 44.9. The van der Waals surface area contributed by atoms with E-state index in [1.165, 1.54) is 114 Å². The number of hydrogen-bond donors (Lipinski definition) is 0. The second kappa shape index (κ2) is 14.0. The molecule has 2 aliphatic carbocycles. The van der Waals surface area contributed by atoms with Crippen LogP contribution in [0.15, 0.2) is 228 Å². The van der Waals surface area contributed by atoms with Gasteiger partial charge in [-0.1, -0.05) is 177 Å². The molecule has 15 rings (SSSR count). The lowest BCUT2D eigenvalue weighted by atomic mass is 9.64. The van der Waals surface area contributed by atoms with Crippen LogP contribution in [0.2, 0.25) is 0 Å². The highest BCUT2D eigenvalue weighted by molar-refractivity contribution is 7.99. The van der Waals surface area contributed by atoms with E-state index in [0.717, 1.165) is 17.1 Å². The number of para-hydroxylation sites is 3. The third kappa shape index (κ3) is 5.03. The smallest absolute Gasteiger partial charge is 0.0755 e.